The van der Waals surface area contributed by atoms with Gasteiger partial charge in [-0.1, -0.05) is 51.1 Å². The first-order valence-corrected chi connectivity index (χ1v) is 10.7. The summed E-state index contributed by atoms with van der Waals surface area (Å²) in [6, 6.07) is 10.4. The van der Waals surface area contributed by atoms with Gasteiger partial charge in [-0.05, 0) is 30.6 Å². The summed E-state index contributed by atoms with van der Waals surface area (Å²) in [6.07, 6.45) is 2.35. The van der Waals surface area contributed by atoms with E-state index in [-0.39, 0.29) is 11.1 Å². The maximum Gasteiger partial charge on any atom is 0.222 e. The molecule has 1 aromatic carbocycles. The Morgan fingerprint density at radius 1 is 1.18 bits per heavy atom. The predicted molar refractivity (Wildman–Crippen MR) is 92.4 cm³/mol. The van der Waals surface area contributed by atoms with Gasteiger partial charge in [-0.15, -0.1) is 0 Å². The molecule has 0 saturated carbocycles. The summed E-state index contributed by atoms with van der Waals surface area (Å²) in [4.78, 5) is 4.50. The van der Waals surface area contributed by atoms with Gasteiger partial charge in [0.1, 0.15) is 12.4 Å². The second-order valence-electron chi connectivity index (χ2n) is 7.38. The zero-order valence-corrected chi connectivity index (χ0v) is 15.5. The molecule has 0 saturated heterocycles. The lowest BCUT2D eigenvalue weighted by molar-refractivity contribution is 0.151. The first-order valence-electron chi connectivity index (χ1n) is 7.83. The van der Waals surface area contributed by atoms with Crippen LogP contribution in [0.4, 0.5) is 0 Å². The maximum absolute atomic E-state index is 6.59. The molecule has 0 spiro atoms. The van der Waals surface area contributed by atoms with Gasteiger partial charge in [-0.2, -0.15) is 0 Å². The summed E-state index contributed by atoms with van der Waals surface area (Å²) in [7, 11) is -1.90. The molecule has 0 amide bonds. The van der Waals surface area contributed by atoms with Crippen LogP contribution in [0.5, 0.6) is 0 Å². The van der Waals surface area contributed by atoms with Crippen molar-refractivity contribution in [1.29, 1.82) is 0 Å². The van der Waals surface area contributed by atoms with E-state index in [2.05, 4.69) is 63.1 Å². The van der Waals surface area contributed by atoms with Crippen molar-refractivity contribution in [3.8, 4) is 0 Å². The Balaban J connectivity index is 2.26. The fraction of sp³-hybridized carbons (Fsp3) is 0.500. The van der Waals surface area contributed by atoms with Crippen LogP contribution in [0.2, 0.25) is 18.1 Å². The Kier molecular flexibility index (Phi) is 4.92. The van der Waals surface area contributed by atoms with E-state index in [1.54, 1.807) is 6.26 Å². The first kappa shape index (κ1) is 17.0. The van der Waals surface area contributed by atoms with Crippen LogP contribution in [-0.2, 0) is 10.8 Å². The van der Waals surface area contributed by atoms with E-state index in [9.17, 15) is 0 Å². The van der Waals surface area contributed by atoms with E-state index >= 15 is 0 Å². The normalized spacial score (nSPS) is 14.1. The van der Waals surface area contributed by atoms with Crippen LogP contribution >= 0.6 is 0 Å². The van der Waals surface area contributed by atoms with Gasteiger partial charge in [0.25, 0.3) is 0 Å². The van der Waals surface area contributed by atoms with Gasteiger partial charge in [-0.3, -0.25) is 0 Å². The molecule has 0 N–H and O–H groups in total. The number of aryl methyl sites for hydroxylation is 1. The zero-order chi connectivity index (χ0) is 16.4. The number of rotatable bonds is 5. The molecule has 1 heterocycles. The van der Waals surface area contributed by atoms with Crippen LogP contribution in [0.1, 0.15) is 44.0 Å². The largest absolute Gasteiger partial charge is 0.446 e. The Hall–Kier alpha value is -1.39. The standard InChI is InChI=1S/C18H27NO2Si/c1-14-13-20-17(19-14)16(12-15-10-8-7-9-11-15)21-22(5,6)18(2,3)4/h7-11,13,16H,12H2,1-6H3. The number of hydrogen-bond acceptors (Lipinski definition) is 3. The Labute approximate surface area is 134 Å². The van der Waals surface area contributed by atoms with Crippen molar-refractivity contribution in [2.24, 2.45) is 0 Å². The SMILES string of the molecule is Cc1coc(C(Cc2ccccc2)O[Si](C)(C)C(C)(C)C)n1. The van der Waals surface area contributed by atoms with Crippen molar-refractivity contribution < 1.29 is 8.84 Å². The van der Waals surface area contributed by atoms with Gasteiger partial charge < -0.3 is 8.84 Å². The van der Waals surface area contributed by atoms with Crippen molar-refractivity contribution in [3.05, 3.63) is 53.7 Å². The fourth-order valence-electron chi connectivity index (χ4n) is 2.06. The molecule has 0 aliphatic carbocycles. The van der Waals surface area contributed by atoms with Crippen molar-refractivity contribution in [3.63, 3.8) is 0 Å². The van der Waals surface area contributed by atoms with Crippen molar-refractivity contribution >= 4 is 8.32 Å². The minimum atomic E-state index is -1.90. The highest BCUT2D eigenvalue weighted by Crippen LogP contribution is 2.40. The van der Waals surface area contributed by atoms with E-state index < -0.39 is 8.32 Å². The number of benzene rings is 1. The molecule has 22 heavy (non-hydrogen) atoms. The minimum absolute atomic E-state index is 0.128. The summed E-state index contributed by atoms with van der Waals surface area (Å²) in [5, 5.41) is 0.156. The summed E-state index contributed by atoms with van der Waals surface area (Å²) in [5.41, 5.74) is 2.13. The third kappa shape index (κ3) is 4.08. The average molecular weight is 318 g/mol. The molecule has 2 aromatic rings. The molecule has 1 aromatic heterocycles. The van der Waals surface area contributed by atoms with E-state index in [0.29, 0.717) is 5.89 Å². The lowest BCUT2D eigenvalue weighted by atomic mass is 10.1. The quantitative estimate of drug-likeness (QED) is 0.703. The lowest BCUT2D eigenvalue weighted by Crippen LogP contribution is -2.42. The summed E-state index contributed by atoms with van der Waals surface area (Å²) in [6.45, 7) is 13.2. The molecule has 1 unspecified atom stereocenters. The number of nitrogens with zero attached hydrogens (tertiary/aromatic N) is 1. The number of aromatic nitrogens is 1. The molecule has 0 aliphatic rings. The van der Waals surface area contributed by atoms with E-state index in [1.165, 1.54) is 5.56 Å². The number of oxazole rings is 1. The monoisotopic (exact) mass is 317 g/mol. The highest BCUT2D eigenvalue weighted by Gasteiger charge is 2.40. The third-order valence-electron chi connectivity index (χ3n) is 4.42. The van der Waals surface area contributed by atoms with Crippen LogP contribution in [0.25, 0.3) is 0 Å². The van der Waals surface area contributed by atoms with Crippen LogP contribution in [0.3, 0.4) is 0 Å². The molecule has 120 valence electrons. The first-order chi connectivity index (χ1) is 10.2. The molecule has 1 atom stereocenters. The lowest BCUT2D eigenvalue weighted by Gasteiger charge is -2.38. The second-order valence-corrected chi connectivity index (χ2v) is 12.1. The van der Waals surface area contributed by atoms with Gasteiger partial charge in [0.2, 0.25) is 5.89 Å². The topological polar surface area (TPSA) is 35.3 Å². The average Bonchev–Trinajstić information content (AvgIpc) is 2.84. The van der Waals surface area contributed by atoms with Gasteiger partial charge in [0.05, 0.1) is 5.69 Å². The van der Waals surface area contributed by atoms with Crippen molar-refractivity contribution in [1.82, 2.24) is 4.98 Å². The van der Waals surface area contributed by atoms with Gasteiger partial charge in [-0.25, -0.2) is 4.98 Å². The van der Waals surface area contributed by atoms with Crippen molar-refractivity contribution in [2.75, 3.05) is 0 Å². The van der Waals surface area contributed by atoms with Gasteiger partial charge in [0.15, 0.2) is 8.32 Å². The Morgan fingerprint density at radius 3 is 2.32 bits per heavy atom. The van der Waals surface area contributed by atoms with Crippen LogP contribution in [0, 0.1) is 6.92 Å². The van der Waals surface area contributed by atoms with Crippen molar-refractivity contribution in [2.45, 2.75) is 58.4 Å². The van der Waals surface area contributed by atoms with Crippen LogP contribution in [0.15, 0.2) is 41.0 Å². The molecule has 0 aliphatic heterocycles. The molecule has 0 bridgehead atoms. The van der Waals surface area contributed by atoms with Crippen LogP contribution in [-0.4, -0.2) is 13.3 Å². The second kappa shape index (κ2) is 6.38. The molecule has 2 rings (SSSR count). The predicted octanol–water partition coefficient (Wildman–Crippen LogP) is 5.29. The molecular weight excluding hydrogens is 290 g/mol. The minimum Gasteiger partial charge on any atom is -0.446 e. The Bertz CT molecular complexity index is 599. The third-order valence-corrected chi connectivity index (χ3v) is 8.91. The maximum atomic E-state index is 6.59. The van der Waals surface area contributed by atoms with E-state index in [1.807, 2.05) is 13.0 Å². The number of hydrogen-bond donors (Lipinski definition) is 0. The van der Waals surface area contributed by atoms with Gasteiger partial charge in [0, 0.05) is 6.42 Å². The molecule has 3 nitrogen and oxygen atoms in total. The fourth-order valence-corrected chi connectivity index (χ4v) is 3.31. The van der Waals surface area contributed by atoms with E-state index in [4.69, 9.17) is 8.84 Å². The molecule has 4 heteroatoms. The van der Waals surface area contributed by atoms with E-state index in [0.717, 1.165) is 12.1 Å². The summed E-state index contributed by atoms with van der Waals surface area (Å²) >= 11 is 0. The summed E-state index contributed by atoms with van der Waals surface area (Å²) < 4.78 is 12.2. The molecular formula is C18H27NO2Si. The molecule has 0 fully saturated rings. The summed E-state index contributed by atoms with van der Waals surface area (Å²) in [5.74, 6) is 0.686. The highest BCUT2D eigenvalue weighted by atomic mass is 28.4. The zero-order valence-electron chi connectivity index (χ0n) is 14.5. The van der Waals surface area contributed by atoms with Gasteiger partial charge >= 0.3 is 0 Å². The smallest absolute Gasteiger partial charge is 0.222 e. The molecule has 0 radical (unpaired) electrons. The Morgan fingerprint density at radius 2 is 1.82 bits per heavy atom. The van der Waals surface area contributed by atoms with Crippen LogP contribution < -0.4 is 0 Å². The highest BCUT2D eigenvalue weighted by molar-refractivity contribution is 6.74.